The maximum absolute atomic E-state index is 11.6. The van der Waals surface area contributed by atoms with E-state index in [1.54, 1.807) is 31.2 Å². The van der Waals surface area contributed by atoms with Crippen LogP contribution in [0.5, 0.6) is 0 Å². The lowest BCUT2D eigenvalue weighted by atomic mass is 10.2. The Morgan fingerprint density at radius 2 is 2.38 bits per heavy atom. The number of anilines is 1. The summed E-state index contributed by atoms with van der Waals surface area (Å²) < 4.78 is 0. The molecule has 0 aromatic heterocycles. The molecule has 6 heteroatoms. The molecule has 0 atom stereocenters. The monoisotopic (exact) mass is 215 g/mol. The Bertz CT molecular complexity index is 516. The zero-order valence-electron chi connectivity index (χ0n) is 8.66. The van der Waals surface area contributed by atoms with Crippen molar-refractivity contribution in [3.05, 3.63) is 34.7 Å². The van der Waals surface area contributed by atoms with Crippen LogP contribution in [-0.2, 0) is 4.79 Å². The second-order valence-electron chi connectivity index (χ2n) is 3.43. The summed E-state index contributed by atoms with van der Waals surface area (Å²) in [6.07, 6.45) is 0.339. The molecule has 1 aromatic carbocycles. The van der Waals surface area contributed by atoms with Gasteiger partial charge in [-0.05, 0) is 24.6 Å². The first kappa shape index (κ1) is 10.2. The van der Waals surface area contributed by atoms with E-state index >= 15 is 0 Å². The zero-order chi connectivity index (χ0) is 11.5. The average Bonchev–Trinajstić information content (AvgIpc) is 2.59. The van der Waals surface area contributed by atoms with E-state index in [-0.39, 0.29) is 5.91 Å². The van der Waals surface area contributed by atoms with Gasteiger partial charge in [-0.3, -0.25) is 4.79 Å². The molecule has 0 fully saturated rings. The standard InChI is InChI=1S/C10H9N5O/c1-7-5-10(16)15(13-7)9-4-2-3-8(6-9)12-14-11/h2-4,6H,5H2,1H3. The van der Waals surface area contributed by atoms with E-state index in [9.17, 15) is 4.79 Å². The molecule has 0 saturated carbocycles. The number of azide groups is 1. The Morgan fingerprint density at radius 1 is 1.56 bits per heavy atom. The van der Waals surface area contributed by atoms with Crippen molar-refractivity contribution in [3.63, 3.8) is 0 Å². The molecule has 1 amide bonds. The number of nitrogens with zero attached hydrogens (tertiary/aromatic N) is 5. The lowest BCUT2D eigenvalue weighted by Crippen LogP contribution is -2.19. The van der Waals surface area contributed by atoms with Gasteiger partial charge in [-0.25, -0.2) is 5.01 Å². The van der Waals surface area contributed by atoms with Crippen molar-refractivity contribution in [2.45, 2.75) is 13.3 Å². The van der Waals surface area contributed by atoms with Crippen LogP contribution in [0.15, 0.2) is 34.5 Å². The highest BCUT2D eigenvalue weighted by molar-refractivity contribution is 6.12. The number of amides is 1. The van der Waals surface area contributed by atoms with Crippen LogP contribution in [0.4, 0.5) is 11.4 Å². The minimum atomic E-state index is -0.0735. The SMILES string of the molecule is CC1=NN(c2cccc(N=[N+]=[N-])c2)C(=O)C1. The van der Waals surface area contributed by atoms with Crippen molar-refractivity contribution >= 4 is 23.0 Å². The summed E-state index contributed by atoms with van der Waals surface area (Å²) in [7, 11) is 0. The number of hydrazone groups is 1. The molecule has 1 aliphatic heterocycles. The van der Waals surface area contributed by atoms with E-state index in [4.69, 9.17) is 5.53 Å². The predicted molar refractivity (Wildman–Crippen MR) is 60.5 cm³/mol. The molecule has 2 rings (SSSR count). The van der Waals surface area contributed by atoms with Crippen LogP contribution in [0.25, 0.3) is 10.4 Å². The fourth-order valence-electron chi connectivity index (χ4n) is 1.50. The van der Waals surface area contributed by atoms with E-state index in [2.05, 4.69) is 15.1 Å². The summed E-state index contributed by atoms with van der Waals surface area (Å²) in [6, 6.07) is 6.76. The third-order valence-corrected chi connectivity index (χ3v) is 2.15. The zero-order valence-corrected chi connectivity index (χ0v) is 8.66. The predicted octanol–water partition coefficient (Wildman–Crippen LogP) is 2.74. The van der Waals surface area contributed by atoms with Gasteiger partial charge in [0.25, 0.3) is 5.91 Å². The molecule has 0 spiro atoms. The third kappa shape index (κ3) is 1.87. The van der Waals surface area contributed by atoms with E-state index in [1.165, 1.54) is 5.01 Å². The topological polar surface area (TPSA) is 81.4 Å². The van der Waals surface area contributed by atoms with Gasteiger partial charge in [0.1, 0.15) is 0 Å². The highest BCUT2D eigenvalue weighted by atomic mass is 16.2. The van der Waals surface area contributed by atoms with Crippen LogP contribution in [0.3, 0.4) is 0 Å². The van der Waals surface area contributed by atoms with E-state index in [1.807, 2.05) is 0 Å². The molecule has 1 heterocycles. The van der Waals surface area contributed by atoms with Crippen LogP contribution in [0.2, 0.25) is 0 Å². The van der Waals surface area contributed by atoms with Crippen molar-refractivity contribution in [2.24, 2.45) is 10.2 Å². The molecule has 0 unspecified atom stereocenters. The van der Waals surface area contributed by atoms with E-state index in [0.29, 0.717) is 17.8 Å². The number of benzene rings is 1. The molecular formula is C10H9N5O. The summed E-state index contributed by atoms with van der Waals surface area (Å²) in [5, 5.41) is 8.91. The number of hydrogen-bond donors (Lipinski definition) is 0. The van der Waals surface area contributed by atoms with Gasteiger partial charge in [0.05, 0.1) is 12.1 Å². The van der Waals surface area contributed by atoms with Gasteiger partial charge in [0, 0.05) is 16.3 Å². The second kappa shape index (κ2) is 4.04. The summed E-state index contributed by atoms with van der Waals surface area (Å²) in [6.45, 7) is 1.80. The van der Waals surface area contributed by atoms with Crippen molar-refractivity contribution in [2.75, 3.05) is 5.01 Å². The van der Waals surface area contributed by atoms with Gasteiger partial charge in [0.2, 0.25) is 0 Å². The molecule has 0 N–H and O–H groups in total. The first-order valence-corrected chi connectivity index (χ1v) is 4.73. The Kier molecular flexibility index (Phi) is 2.57. The Morgan fingerprint density at radius 3 is 3.00 bits per heavy atom. The lowest BCUT2D eigenvalue weighted by molar-refractivity contribution is -0.116. The lowest BCUT2D eigenvalue weighted by Gasteiger charge is -2.11. The van der Waals surface area contributed by atoms with Crippen molar-refractivity contribution < 1.29 is 4.79 Å². The van der Waals surface area contributed by atoms with Gasteiger partial charge >= 0.3 is 0 Å². The molecule has 0 radical (unpaired) electrons. The Hall–Kier alpha value is -2.33. The summed E-state index contributed by atoms with van der Waals surface area (Å²) in [5.41, 5.74) is 10.2. The van der Waals surface area contributed by atoms with Crippen LogP contribution < -0.4 is 5.01 Å². The van der Waals surface area contributed by atoms with Crippen LogP contribution in [-0.4, -0.2) is 11.6 Å². The molecule has 16 heavy (non-hydrogen) atoms. The maximum atomic E-state index is 11.6. The fourth-order valence-corrected chi connectivity index (χ4v) is 1.50. The molecular weight excluding hydrogens is 206 g/mol. The normalized spacial score (nSPS) is 14.7. The van der Waals surface area contributed by atoms with E-state index in [0.717, 1.165) is 5.71 Å². The van der Waals surface area contributed by atoms with Crippen LogP contribution in [0.1, 0.15) is 13.3 Å². The summed E-state index contributed by atoms with van der Waals surface area (Å²) in [4.78, 5) is 14.3. The van der Waals surface area contributed by atoms with Gasteiger partial charge < -0.3 is 0 Å². The largest absolute Gasteiger partial charge is 0.272 e. The smallest absolute Gasteiger partial charge is 0.253 e. The molecule has 0 bridgehead atoms. The number of hydrogen-bond acceptors (Lipinski definition) is 3. The van der Waals surface area contributed by atoms with E-state index < -0.39 is 0 Å². The van der Waals surface area contributed by atoms with Gasteiger partial charge in [-0.15, -0.1) is 0 Å². The second-order valence-corrected chi connectivity index (χ2v) is 3.43. The van der Waals surface area contributed by atoms with Gasteiger partial charge in [-0.2, -0.15) is 5.10 Å². The molecule has 80 valence electrons. The number of carbonyl (C=O) groups excluding carboxylic acids is 1. The number of rotatable bonds is 2. The highest BCUT2D eigenvalue weighted by Crippen LogP contribution is 2.25. The molecule has 0 aliphatic carbocycles. The highest BCUT2D eigenvalue weighted by Gasteiger charge is 2.22. The molecule has 1 aliphatic rings. The van der Waals surface area contributed by atoms with Crippen molar-refractivity contribution in [1.29, 1.82) is 0 Å². The minimum absolute atomic E-state index is 0.0735. The molecule has 6 nitrogen and oxygen atoms in total. The van der Waals surface area contributed by atoms with Crippen molar-refractivity contribution in [3.8, 4) is 0 Å². The Labute approximate surface area is 91.8 Å². The molecule has 1 aromatic rings. The first-order valence-electron chi connectivity index (χ1n) is 4.73. The summed E-state index contributed by atoms with van der Waals surface area (Å²) >= 11 is 0. The van der Waals surface area contributed by atoms with Crippen molar-refractivity contribution in [1.82, 2.24) is 0 Å². The maximum Gasteiger partial charge on any atom is 0.253 e. The third-order valence-electron chi connectivity index (χ3n) is 2.15. The van der Waals surface area contributed by atoms with Crippen LogP contribution in [0, 0.1) is 0 Å². The minimum Gasteiger partial charge on any atom is -0.272 e. The summed E-state index contributed by atoms with van der Waals surface area (Å²) in [5.74, 6) is -0.0735. The fraction of sp³-hybridized carbons (Fsp3) is 0.200. The van der Waals surface area contributed by atoms with Gasteiger partial charge in [0.15, 0.2) is 0 Å². The first-order chi connectivity index (χ1) is 7.70. The average molecular weight is 215 g/mol. The molecule has 0 saturated heterocycles. The van der Waals surface area contributed by atoms with Crippen LogP contribution >= 0.6 is 0 Å². The number of carbonyl (C=O) groups is 1. The Balaban J connectivity index is 2.37. The van der Waals surface area contributed by atoms with Gasteiger partial charge in [-0.1, -0.05) is 17.2 Å². The quantitative estimate of drug-likeness (QED) is 0.424.